The zero-order chi connectivity index (χ0) is 26.5. The van der Waals surface area contributed by atoms with Crippen LogP contribution >= 0.6 is 11.3 Å². The molecule has 0 saturated heterocycles. The number of aromatic carboxylic acids is 1. The lowest BCUT2D eigenvalue weighted by molar-refractivity contribution is -0.124. The van der Waals surface area contributed by atoms with Crippen molar-refractivity contribution < 1.29 is 24.3 Å². The first-order chi connectivity index (χ1) is 16.9. The number of rotatable bonds is 7. The fraction of sp³-hybridized carbons (Fsp3) is 0.643. The van der Waals surface area contributed by atoms with Crippen LogP contribution in [-0.2, 0) is 14.4 Å². The van der Waals surface area contributed by atoms with E-state index in [4.69, 9.17) is 4.84 Å². The molecule has 0 atom stereocenters. The second kappa shape index (κ2) is 12.1. The second-order valence-electron chi connectivity index (χ2n) is 11.2. The first kappa shape index (κ1) is 27.9. The van der Waals surface area contributed by atoms with Crippen molar-refractivity contribution in [3.63, 3.8) is 0 Å². The van der Waals surface area contributed by atoms with E-state index in [0.29, 0.717) is 42.2 Å². The summed E-state index contributed by atoms with van der Waals surface area (Å²) >= 11 is 1.14. The van der Waals surface area contributed by atoms with Gasteiger partial charge in [0.05, 0.1) is 16.3 Å². The number of Topliss-reactive ketones (excluding diaryl/α,β-unsaturated/α-hetero) is 1. The van der Waals surface area contributed by atoms with Gasteiger partial charge >= 0.3 is 5.97 Å². The molecular weight excluding hydrogens is 476 g/mol. The number of oxime groups is 1. The van der Waals surface area contributed by atoms with Crippen molar-refractivity contribution in [1.29, 1.82) is 0 Å². The quantitative estimate of drug-likeness (QED) is 0.361. The predicted octanol–water partition coefficient (Wildman–Crippen LogP) is 5.91. The van der Waals surface area contributed by atoms with Crippen molar-refractivity contribution in [3.8, 4) is 11.8 Å². The molecule has 1 aromatic rings. The molecule has 7 nitrogen and oxygen atoms in total. The highest BCUT2D eigenvalue weighted by molar-refractivity contribution is 7.15. The summed E-state index contributed by atoms with van der Waals surface area (Å²) in [6.07, 6.45) is 6.28. The van der Waals surface area contributed by atoms with E-state index in [9.17, 15) is 19.5 Å². The van der Waals surface area contributed by atoms with Crippen LogP contribution in [0.25, 0.3) is 0 Å². The summed E-state index contributed by atoms with van der Waals surface area (Å²) in [7, 11) is 0. The summed E-state index contributed by atoms with van der Waals surface area (Å²) in [6, 6.07) is 1.66. The molecule has 0 radical (unpaired) electrons. The Morgan fingerprint density at radius 1 is 1.14 bits per heavy atom. The number of carboxylic acid groups (broad SMARTS) is 1. The molecule has 1 aromatic heterocycles. The maximum absolute atomic E-state index is 13.9. The number of ketones is 1. The van der Waals surface area contributed by atoms with E-state index >= 15 is 0 Å². The highest BCUT2D eigenvalue weighted by Gasteiger charge is 2.37. The Balaban J connectivity index is 1.92. The van der Waals surface area contributed by atoms with E-state index in [1.165, 1.54) is 6.92 Å². The molecule has 0 spiro atoms. The molecule has 1 amide bonds. The van der Waals surface area contributed by atoms with Crippen molar-refractivity contribution in [1.82, 2.24) is 0 Å². The molecule has 0 aliphatic heterocycles. The van der Waals surface area contributed by atoms with Gasteiger partial charge in [-0.2, -0.15) is 0 Å². The van der Waals surface area contributed by atoms with Gasteiger partial charge in [0.1, 0.15) is 4.88 Å². The number of anilines is 1. The predicted molar refractivity (Wildman–Crippen MR) is 143 cm³/mol. The zero-order valence-electron chi connectivity index (χ0n) is 22.1. The highest BCUT2D eigenvalue weighted by Crippen LogP contribution is 2.38. The Kier molecular flexibility index (Phi) is 9.35. The smallest absolute Gasteiger partial charge is 0.348 e. The van der Waals surface area contributed by atoms with Crippen LogP contribution in [0.5, 0.6) is 0 Å². The summed E-state index contributed by atoms with van der Waals surface area (Å²) in [5.41, 5.74) is 1.12. The molecule has 8 heteroatoms. The molecule has 0 unspecified atom stereocenters. The first-order valence-electron chi connectivity index (χ1n) is 12.8. The molecule has 0 aromatic carbocycles. The van der Waals surface area contributed by atoms with Crippen LogP contribution in [0.1, 0.15) is 101 Å². The Morgan fingerprint density at radius 2 is 1.78 bits per heavy atom. The maximum Gasteiger partial charge on any atom is 0.348 e. The Hall–Kier alpha value is -2.66. The maximum atomic E-state index is 13.9. The van der Waals surface area contributed by atoms with E-state index in [1.807, 2.05) is 20.8 Å². The largest absolute Gasteiger partial charge is 0.477 e. The van der Waals surface area contributed by atoms with E-state index in [0.717, 1.165) is 42.7 Å². The molecule has 0 bridgehead atoms. The number of hydrogen-bond donors (Lipinski definition) is 1. The molecule has 2 aliphatic rings. The van der Waals surface area contributed by atoms with Crippen molar-refractivity contribution in [3.05, 3.63) is 15.8 Å². The average molecular weight is 515 g/mol. The van der Waals surface area contributed by atoms with E-state index in [1.54, 1.807) is 11.0 Å². The van der Waals surface area contributed by atoms with Gasteiger partial charge in [-0.25, -0.2) is 4.79 Å². The number of thiophene rings is 1. The number of amides is 1. The fourth-order valence-electron chi connectivity index (χ4n) is 4.72. The van der Waals surface area contributed by atoms with Crippen LogP contribution in [0.4, 0.5) is 5.69 Å². The van der Waals surface area contributed by atoms with Crippen LogP contribution in [0.3, 0.4) is 0 Å². The standard InChI is InChI=1S/C28H38N2O5S/c1-18-6-8-20(9-7-18)26(32)30(22-12-10-21(11-13-22)29-35-17-19(2)31)24-16-23(14-15-28(3,4)5)36-25(24)27(33)34/h16,18,20,22H,6-13,17H2,1-5H3,(H,33,34)/t18-,20-,22?. The minimum Gasteiger partial charge on any atom is -0.477 e. The third-order valence-corrected chi connectivity index (χ3v) is 7.72. The molecular formula is C28H38N2O5S. The summed E-state index contributed by atoms with van der Waals surface area (Å²) in [4.78, 5) is 45.1. The fourth-order valence-corrected chi connectivity index (χ4v) is 5.56. The topological polar surface area (TPSA) is 96.3 Å². The molecule has 2 fully saturated rings. The number of carbonyl (C=O) groups excluding carboxylic acids is 2. The Labute approximate surface area is 218 Å². The number of carboxylic acids is 1. The van der Waals surface area contributed by atoms with Gasteiger partial charge in [0, 0.05) is 17.4 Å². The second-order valence-corrected chi connectivity index (χ2v) is 12.2. The third kappa shape index (κ3) is 7.67. The van der Waals surface area contributed by atoms with Gasteiger partial charge in [-0.3, -0.25) is 9.59 Å². The number of nitrogens with zero attached hydrogens (tertiary/aromatic N) is 2. The SMILES string of the molecule is CC(=O)CON=C1CCC(N(c2cc(C#CC(C)(C)C)sc2C(=O)O)C(=O)[C@H]2CC[C@H](C)CC2)CC1. The van der Waals surface area contributed by atoms with Gasteiger partial charge < -0.3 is 14.8 Å². The van der Waals surface area contributed by atoms with Gasteiger partial charge in [-0.05, 0) is 91.0 Å². The Morgan fingerprint density at radius 3 is 2.33 bits per heavy atom. The molecule has 2 saturated carbocycles. The zero-order valence-corrected chi connectivity index (χ0v) is 22.9. The Bertz CT molecular complexity index is 1050. The molecule has 1 heterocycles. The van der Waals surface area contributed by atoms with Gasteiger partial charge in [0.2, 0.25) is 5.91 Å². The van der Waals surface area contributed by atoms with Gasteiger partial charge in [0.25, 0.3) is 0 Å². The minimum atomic E-state index is -1.04. The molecule has 196 valence electrons. The van der Waals surface area contributed by atoms with Crippen molar-refractivity contribution in [2.24, 2.45) is 22.4 Å². The monoisotopic (exact) mass is 514 g/mol. The first-order valence-corrected chi connectivity index (χ1v) is 13.7. The third-order valence-electron chi connectivity index (χ3n) is 6.69. The average Bonchev–Trinajstić information content (AvgIpc) is 3.23. The van der Waals surface area contributed by atoms with E-state index in [2.05, 4.69) is 23.9 Å². The van der Waals surface area contributed by atoms with Crippen LogP contribution < -0.4 is 4.90 Å². The molecule has 2 aliphatic carbocycles. The van der Waals surface area contributed by atoms with Gasteiger partial charge in [0.15, 0.2) is 12.4 Å². The minimum absolute atomic E-state index is 0.0238. The molecule has 3 rings (SSSR count). The van der Waals surface area contributed by atoms with E-state index in [-0.39, 0.29) is 40.5 Å². The molecule has 1 N–H and O–H groups in total. The van der Waals surface area contributed by atoms with Crippen LogP contribution in [0.2, 0.25) is 0 Å². The summed E-state index contributed by atoms with van der Waals surface area (Å²) < 4.78 is 0. The lowest BCUT2D eigenvalue weighted by atomic mass is 9.81. The van der Waals surface area contributed by atoms with Crippen molar-refractivity contribution in [2.75, 3.05) is 11.5 Å². The van der Waals surface area contributed by atoms with E-state index < -0.39 is 5.97 Å². The highest BCUT2D eigenvalue weighted by atomic mass is 32.1. The van der Waals surface area contributed by atoms with Crippen molar-refractivity contribution in [2.45, 2.75) is 92.0 Å². The van der Waals surface area contributed by atoms with Crippen molar-refractivity contribution >= 4 is 40.4 Å². The summed E-state index contributed by atoms with van der Waals surface area (Å²) in [5, 5.41) is 14.1. The molecule has 36 heavy (non-hydrogen) atoms. The van der Waals surface area contributed by atoms with Crippen LogP contribution in [-0.4, -0.2) is 41.1 Å². The van der Waals surface area contributed by atoms with Gasteiger partial charge in [-0.1, -0.05) is 23.9 Å². The van der Waals surface area contributed by atoms with Gasteiger partial charge in [-0.15, -0.1) is 11.3 Å². The lowest BCUT2D eigenvalue weighted by Crippen LogP contribution is -2.46. The summed E-state index contributed by atoms with van der Waals surface area (Å²) in [6.45, 7) is 9.65. The lowest BCUT2D eigenvalue weighted by Gasteiger charge is -2.38. The van der Waals surface area contributed by atoms with Crippen LogP contribution in [0.15, 0.2) is 11.2 Å². The van der Waals surface area contributed by atoms with Crippen LogP contribution in [0, 0.1) is 29.1 Å². The number of carbonyl (C=O) groups is 3. The number of hydrogen-bond acceptors (Lipinski definition) is 6. The summed E-state index contributed by atoms with van der Waals surface area (Å²) in [5.74, 6) is 5.72. The normalized spacial score (nSPS) is 22.2.